The van der Waals surface area contributed by atoms with E-state index in [2.05, 4.69) is 28.7 Å². The van der Waals surface area contributed by atoms with Crippen LogP contribution in [0.3, 0.4) is 0 Å². The van der Waals surface area contributed by atoms with Crippen LogP contribution < -0.4 is 10.6 Å². The smallest absolute Gasteiger partial charge is 0.114 e. The molecule has 1 aromatic heterocycles. The Morgan fingerprint density at radius 2 is 2.07 bits per heavy atom. The molecule has 0 radical (unpaired) electrons. The lowest BCUT2D eigenvalue weighted by Gasteiger charge is -2.22. The minimum Gasteiger partial charge on any atom is -0.397 e. The summed E-state index contributed by atoms with van der Waals surface area (Å²) in [5.41, 5.74) is 9.82. The van der Waals surface area contributed by atoms with Gasteiger partial charge in [0.1, 0.15) is 5.52 Å². The molecule has 0 aliphatic rings. The zero-order valence-electron chi connectivity index (χ0n) is 9.12. The zero-order valence-corrected chi connectivity index (χ0v) is 9.12. The summed E-state index contributed by atoms with van der Waals surface area (Å²) in [5, 5.41) is 0. The number of hydrogen-bond donors (Lipinski definition) is 2. The molecule has 0 saturated carbocycles. The largest absolute Gasteiger partial charge is 0.397 e. The van der Waals surface area contributed by atoms with Gasteiger partial charge in [0.2, 0.25) is 0 Å². The van der Waals surface area contributed by atoms with Gasteiger partial charge in [-0.2, -0.15) is 0 Å². The first-order valence-corrected chi connectivity index (χ1v) is 5.24. The highest BCUT2D eigenvalue weighted by atomic mass is 15.1. The van der Waals surface area contributed by atoms with Gasteiger partial charge in [0, 0.05) is 13.1 Å². The predicted octanol–water partition coefficient (Wildman–Crippen LogP) is 1.99. The number of nitrogens with two attached hydrogens (primary N) is 1. The van der Waals surface area contributed by atoms with E-state index >= 15 is 0 Å². The van der Waals surface area contributed by atoms with Crippen molar-refractivity contribution in [2.75, 3.05) is 23.7 Å². The van der Waals surface area contributed by atoms with Gasteiger partial charge in [-0.15, -0.1) is 0 Å². The molecule has 2 rings (SSSR count). The highest BCUT2D eigenvalue weighted by molar-refractivity contribution is 5.95. The standard InChI is InChI=1S/C11H16N4/c1-3-15(4-2)11-8(12)5-6-9-10(11)14-7-13-9/h5-7H,3-4,12H2,1-2H3,(H,13,14). The van der Waals surface area contributed by atoms with Crippen molar-refractivity contribution in [3.63, 3.8) is 0 Å². The van der Waals surface area contributed by atoms with Crippen LogP contribution in [0.4, 0.5) is 11.4 Å². The lowest BCUT2D eigenvalue weighted by molar-refractivity contribution is 0.871. The van der Waals surface area contributed by atoms with Gasteiger partial charge in [-0.25, -0.2) is 4.98 Å². The predicted molar refractivity (Wildman–Crippen MR) is 64.1 cm³/mol. The lowest BCUT2D eigenvalue weighted by atomic mass is 10.2. The molecule has 0 fully saturated rings. The minimum absolute atomic E-state index is 0.790. The number of nitrogens with one attached hydrogen (secondary N) is 1. The number of nitrogens with zero attached hydrogens (tertiary/aromatic N) is 2. The van der Waals surface area contributed by atoms with E-state index in [9.17, 15) is 0 Å². The Kier molecular flexibility index (Phi) is 2.49. The van der Waals surface area contributed by atoms with E-state index in [4.69, 9.17) is 5.73 Å². The Bertz CT molecular complexity index is 457. The van der Waals surface area contributed by atoms with E-state index in [0.29, 0.717) is 0 Å². The second-order valence-corrected chi connectivity index (χ2v) is 3.47. The average Bonchev–Trinajstić information content (AvgIpc) is 2.70. The van der Waals surface area contributed by atoms with Crippen LogP contribution in [-0.4, -0.2) is 23.1 Å². The van der Waals surface area contributed by atoms with Gasteiger partial charge < -0.3 is 15.6 Å². The maximum Gasteiger partial charge on any atom is 0.114 e. The van der Waals surface area contributed by atoms with Gasteiger partial charge in [-0.3, -0.25) is 0 Å². The van der Waals surface area contributed by atoms with Gasteiger partial charge in [-0.05, 0) is 26.0 Å². The van der Waals surface area contributed by atoms with E-state index in [1.165, 1.54) is 0 Å². The fraction of sp³-hybridized carbons (Fsp3) is 0.364. The number of aromatic amines is 1. The quantitative estimate of drug-likeness (QED) is 0.752. The fourth-order valence-electron chi connectivity index (χ4n) is 1.88. The monoisotopic (exact) mass is 204 g/mol. The third-order valence-corrected chi connectivity index (χ3v) is 2.68. The molecule has 3 N–H and O–H groups in total. The average molecular weight is 204 g/mol. The number of nitrogen functional groups attached to an aromatic ring is 1. The van der Waals surface area contributed by atoms with Gasteiger partial charge in [0.25, 0.3) is 0 Å². The highest BCUT2D eigenvalue weighted by Gasteiger charge is 2.12. The minimum atomic E-state index is 0.790. The van der Waals surface area contributed by atoms with Crippen LogP contribution in [-0.2, 0) is 0 Å². The Morgan fingerprint density at radius 1 is 1.33 bits per heavy atom. The van der Waals surface area contributed by atoms with E-state index in [1.807, 2.05) is 12.1 Å². The molecule has 2 aromatic rings. The summed E-state index contributed by atoms with van der Waals surface area (Å²) in [6.45, 7) is 6.11. The molecule has 0 saturated heterocycles. The number of imidazole rings is 1. The molecule has 4 heteroatoms. The third kappa shape index (κ3) is 1.52. The Morgan fingerprint density at radius 3 is 2.73 bits per heavy atom. The molecule has 4 nitrogen and oxygen atoms in total. The second kappa shape index (κ2) is 3.81. The number of H-pyrrole nitrogens is 1. The van der Waals surface area contributed by atoms with E-state index in [1.54, 1.807) is 6.33 Å². The van der Waals surface area contributed by atoms with Crippen LogP contribution in [0.1, 0.15) is 13.8 Å². The van der Waals surface area contributed by atoms with Gasteiger partial charge in [0.05, 0.1) is 23.2 Å². The van der Waals surface area contributed by atoms with E-state index in [-0.39, 0.29) is 0 Å². The molecular weight excluding hydrogens is 188 g/mol. The van der Waals surface area contributed by atoms with Crippen molar-refractivity contribution in [3.8, 4) is 0 Å². The maximum atomic E-state index is 6.00. The first-order chi connectivity index (χ1) is 7.27. The van der Waals surface area contributed by atoms with Crippen LogP contribution in [0.25, 0.3) is 11.0 Å². The molecule has 0 atom stereocenters. The van der Waals surface area contributed by atoms with Gasteiger partial charge in [-0.1, -0.05) is 0 Å². The molecular formula is C11H16N4. The number of rotatable bonds is 3. The highest BCUT2D eigenvalue weighted by Crippen LogP contribution is 2.30. The molecule has 0 amide bonds. The Balaban J connectivity index is 2.65. The van der Waals surface area contributed by atoms with Crippen molar-refractivity contribution in [3.05, 3.63) is 18.5 Å². The zero-order chi connectivity index (χ0) is 10.8. The molecule has 0 spiro atoms. The lowest BCUT2D eigenvalue weighted by Crippen LogP contribution is -2.23. The second-order valence-electron chi connectivity index (χ2n) is 3.47. The summed E-state index contributed by atoms with van der Waals surface area (Å²) >= 11 is 0. The molecule has 0 bridgehead atoms. The number of aromatic nitrogens is 2. The topological polar surface area (TPSA) is 57.9 Å². The number of anilines is 2. The first kappa shape index (κ1) is 9.83. The van der Waals surface area contributed by atoms with Crippen molar-refractivity contribution in [1.29, 1.82) is 0 Å². The van der Waals surface area contributed by atoms with Crippen LogP contribution in [0, 0.1) is 0 Å². The summed E-state index contributed by atoms with van der Waals surface area (Å²) in [4.78, 5) is 9.64. The molecule has 1 heterocycles. The molecule has 1 aromatic carbocycles. The summed E-state index contributed by atoms with van der Waals surface area (Å²) in [6, 6.07) is 3.89. The van der Waals surface area contributed by atoms with E-state index in [0.717, 1.165) is 35.5 Å². The summed E-state index contributed by atoms with van der Waals surface area (Å²) in [6.07, 6.45) is 1.71. The number of fused-ring (bicyclic) bond motifs is 1. The first-order valence-electron chi connectivity index (χ1n) is 5.24. The molecule has 15 heavy (non-hydrogen) atoms. The normalized spacial score (nSPS) is 10.8. The fourth-order valence-corrected chi connectivity index (χ4v) is 1.88. The SMILES string of the molecule is CCN(CC)c1c(N)ccc2[nH]cnc12. The van der Waals surface area contributed by atoms with Crippen LogP contribution in [0.2, 0.25) is 0 Å². The van der Waals surface area contributed by atoms with Gasteiger partial charge >= 0.3 is 0 Å². The Labute approximate surface area is 89.1 Å². The number of hydrogen-bond acceptors (Lipinski definition) is 3. The van der Waals surface area contributed by atoms with Crippen molar-refractivity contribution in [1.82, 2.24) is 9.97 Å². The summed E-state index contributed by atoms with van der Waals surface area (Å²) < 4.78 is 0. The van der Waals surface area contributed by atoms with Crippen molar-refractivity contribution >= 4 is 22.4 Å². The summed E-state index contributed by atoms with van der Waals surface area (Å²) in [7, 11) is 0. The Hall–Kier alpha value is -1.71. The van der Waals surface area contributed by atoms with Crippen molar-refractivity contribution < 1.29 is 0 Å². The molecule has 80 valence electrons. The van der Waals surface area contributed by atoms with Crippen LogP contribution in [0.15, 0.2) is 18.5 Å². The van der Waals surface area contributed by atoms with Crippen LogP contribution in [0.5, 0.6) is 0 Å². The van der Waals surface area contributed by atoms with Crippen LogP contribution >= 0.6 is 0 Å². The maximum absolute atomic E-state index is 6.00. The molecule has 0 unspecified atom stereocenters. The van der Waals surface area contributed by atoms with Gasteiger partial charge in [0.15, 0.2) is 0 Å². The molecule has 0 aliphatic carbocycles. The number of benzene rings is 1. The van der Waals surface area contributed by atoms with Crippen molar-refractivity contribution in [2.45, 2.75) is 13.8 Å². The van der Waals surface area contributed by atoms with Crippen molar-refractivity contribution in [2.24, 2.45) is 0 Å². The third-order valence-electron chi connectivity index (χ3n) is 2.68. The van der Waals surface area contributed by atoms with E-state index < -0.39 is 0 Å². The summed E-state index contributed by atoms with van der Waals surface area (Å²) in [5.74, 6) is 0. The molecule has 0 aliphatic heterocycles.